The monoisotopic (exact) mass is 291 g/mol. The van der Waals surface area contributed by atoms with Gasteiger partial charge in [-0.15, -0.1) is 0 Å². The fourth-order valence-corrected chi connectivity index (χ4v) is 2.54. The number of hydrogen-bond donors (Lipinski definition) is 2. The summed E-state index contributed by atoms with van der Waals surface area (Å²) in [5.74, 6) is 1.36. The molecule has 2 N–H and O–H groups in total. The lowest BCUT2D eigenvalue weighted by molar-refractivity contribution is 0.101. The summed E-state index contributed by atoms with van der Waals surface area (Å²) in [5, 5.41) is 13.3. The van der Waals surface area contributed by atoms with Crippen molar-refractivity contribution in [1.82, 2.24) is 9.97 Å². The number of nitrogens with zero attached hydrogens (tertiary/aromatic N) is 2. The molecule has 0 aliphatic carbocycles. The number of ketones is 1. The van der Waals surface area contributed by atoms with Crippen LogP contribution in [0.3, 0.4) is 0 Å². The second-order valence-electron chi connectivity index (χ2n) is 5.56. The smallest absolute Gasteiger partial charge is 0.232 e. The quantitative estimate of drug-likeness (QED) is 0.795. The zero-order chi connectivity index (χ0) is 15.6. The second-order valence-corrected chi connectivity index (χ2v) is 5.56. The maximum absolute atomic E-state index is 11.8. The van der Waals surface area contributed by atoms with E-state index < -0.39 is 0 Å². The maximum atomic E-state index is 11.8. The molecule has 114 valence electrons. The molecular weight excluding hydrogens is 270 g/mol. The topological polar surface area (TPSA) is 88.2 Å². The predicted molar refractivity (Wildman–Crippen MR) is 80.5 cm³/mol. The summed E-state index contributed by atoms with van der Waals surface area (Å²) >= 11 is 0. The predicted octanol–water partition coefficient (Wildman–Crippen LogP) is 2.55. The summed E-state index contributed by atoms with van der Waals surface area (Å²) in [6.07, 6.45) is 1.78. The summed E-state index contributed by atoms with van der Waals surface area (Å²) in [6, 6.07) is 0. The van der Waals surface area contributed by atoms with E-state index in [1.807, 2.05) is 6.92 Å². The maximum Gasteiger partial charge on any atom is 0.232 e. The Morgan fingerprint density at radius 2 is 2.14 bits per heavy atom. The van der Waals surface area contributed by atoms with E-state index in [-0.39, 0.29) is 17.8 Å². The first-order chi connectivity index (χ1) is 9.90. The van der Waals surface area contributed by atoms with Crippen LogP contribution in [0.1, 0.15) is 43.3 Å². The Labute approximate surface area is 123 Å². The van der Waals surface area contributed by atoms with Crippen molar-refractivity contribution >= 4 is 22.7 Å². The third-order valence-corrected chi connectivity index (χ3v) is 3.38. The Morgan fingerprint density at radius 3 is 2.76 bits per heavy atom. The Kier molecular flexibility index (Phi) is 4.57. The van der Waals surface area contributed by atoms with E-state index in [9.17, 15) is 9.90 Å². The van der Waals surface area contributed by atoms with Crippen molar-refractivity contribution in [3.8, 4) is 0 Å². The van der Waals surface area contributed by atoms with Crippen molar-refractivity contribution in [2.45, 2.75) is 40.2 Å². The number of aryl methyl sites for hydroxylation is 1. The lowest BCUT2D eigenvalue weighted by Gasteiger charge is -2.14. The number of aliphatic hydroxyl groups is 1. The molecule has 0 bridgehead atoms. The summed E-state index contributed by atoms with van der Waals surface area (Å²) in [4.78, 5) is 20.1. The molecule has 2 atom stereocenters. The van der Waals surface area contributed by atoms with Gasteiger partial charge >= 0.3 is 0 Å². The highest BCUT2D eigenvalue weighted by Gasteiger charge is 2.20. The number of aromatic nitrogens is 2. The summed E-state index contributed by atoms with van der Waals surface area (Å²) in [7, 11) is 0. The van der Waals surface area contributed by atoms with Crippen molar-refractivity contribution < 1.29 is 14.3 Å². The van der Waals surface area contributed by atoms with E-state index in [0.29, 0.717) is 41.2 Å². The van der Waals surface area contributed by atoms with Gasteiger partial charge in [0.05, 0.1) is 17.1 Å². The van der Waals surface area contributed by atoms with Gasteiger partial charge in [0.1, 0.15) is 17.9 Å². The zero-order valence-electron chi connectivity index (χ0n) is 12.8. The van der Waals surface area contributed by atoms with Crippen molar-refractivity contribution in [3.05, 3.63) is 17.7 Å². The minimum Gasteiger partial charge on any atom is -0.442 e. The molecule has 0 aliphatic heterocycles. The fraction of sp³-hybridized carbons (Fsp3) is 0.533. The molecule has 0 radical (unpaired) electrons. The van der Waals surface area contributed by atoms with Gasteiger partial charge in [-0.2, -0.15) is 0 Å². The van der Waals surface area contributed by atoms with Crippen LogP contribution in [0.4, 0.5) is 5.82 Å². The van der Waals surface area contributed by atoms with E-state index in [1.165, 1.54) is 13.3 Å². The average Bonchev–Trinajstić information content (AvgIpc) is 2.71. The largest absolute Gasteiger partial charge is 0.442 e. The molecule has 0 aliphatic rings. The molecule has 2 heterocycles. The molecule has 0 amide bonds. The van der Waals surface area contributed by atoms with Gasteiger partial charge in [0, 0.05) is 6.54 Å². The SMILES string of the molecule is CC(=O)c1c(C)oc2ncnc(NCC(C)CC(C)O)c12. The van der Waals surface area contributed by atoms with Gasteiger partial charge in [-0.25, -0.2) is 9.97 Å². The van der Waals surface area contributed by atoms with E-state index in [4.69, 9.17) is 4.42 Å². The second kappa shape index (κ2) is 6.22. The van der Waals surface area contributed by atoms with E-state index >= 15 is 0 Å². The molecular formula is C15H21N3O3. The van der Waals surface area contributed by atoms with E-state index in [1.54, 1.807) is 13.8 Å². The van der Waals surface area contributed by atoms with Crippen molar-refractivity contribution in [1.29, 1.82) is 0 Å². The minimum absolute atomic E-state index is 0.0684. The number of anilines is 1. The Hall–Kier alpha value is -1.95. The van der Waals surface area contributed by atoms with Gasteiger partial charge in [0.15, 0.2) is 5.78 Å². The van der Waals surface area contributed by atoms with Crippen LogP contribution in [0.15, 0.2) is 10.7 Å². The first-order valence-corrected chi connectivity index (χ1v) is 7.07. The first kappa shape index (κ1) is 15.4. The number of furan rings is 1. The Morgan fingerprint density at radius 1 is 1.43 bits per heavy atom. The van der Waals surface area contributed by atoms with Crippen LogP contribution < -0.4 is 5.32 Å². The number of aliphatic hydroxyl groups excluding tert-OH is 1. The molecule has 2 aromatic rings. The highest BCUT2D eigenvalue weighted by molar-refractivity contribution is 6.09. The number of fused-ring (bicyclic) bond motifs is 1. The van der Waals surface area contributed by atoms with Gasteiger partial charge in [0.25, 0.3) is 0 Å². The normalized spacial score (nSPS) is 14.1. The Bertz CT molecular complexity index is 649. The number of Topliss-reactive ketones (excluding diaryl/α,β-unsaturated/α-hetero) is 1. The molecule has 2 rings (SSSR count). The van der Waals surface area contributed by atoms with Gasteiger partial charge < -0.3 is 14.8 Å². The molecule has 0 fully saturated rings. The van der Waals surface area contributed by atoms with Gasteiger partial charge in [-0.3, -0.25) is 4.79 Å². The molecule has 2 unspecified atom stereocenters. The lowest BCUT2D eigenvalue weighted by Crippen LogP contribution is -2.17. The number of carbonyl (C=O) groups excluding carboxylic acids is 1. The number of hydrogen-bond acceptors (Lipinski definition) is 6. The van der Waals surface area contributed by atoms with E-state index in [0.717, 1.165) is 0 Å². The third-order valence-electron chi connectivity index (χ3n) is 3.38. The van der Waals surface area contributed by atoms with Crippen molar-refractivity contribution in [2.24, 2.45) is 5.92 Å². The standard InChI is InChI=1S/C15H21N3O3/c1-8(5-9(2)19)6-16-14-13-12(10(3)20)11(4)21-15(13)18-7-17-14/h7-9,19H,5-6H2,1-4H3,(H,16,17,18). The van der Waals surface area contributed by atoms with Gasteiger partial charge in [-0.1, -0.05) is 6.92 Å². The number of carbonyl (C=O) groups is 1. The molecule has 6 heteroatoms. The van der Waals surface area contributed by atoms with Crippen LogP contribution in [0, 0.1) is 12.8 Å². The highest BCUT2D eigenvalue weighted by atomic mass is 16.3. The Balaban J connectivity index is 2.29. The average molecular weight is 291 g/mol. The number of nitrogens with one attached hydrogen (secondary N) is 1. The summed E-state index contributed by atoms with van der Waals surface area (Å²) in [5.41, 5.74) is 0.939. The third kappa shape index (κ3) is 3.39. The van der Waals surface area contributed by atoms with Crippen LogP contribution in [0.25, 0.3) is 11.1 Å². The van der Waals surface area contributed by atoms with Crippen LogP contribution in [-0.2, 0) is 0 Å². The number of rotatable bonds is 6. The molecule has 21 heavy (non-hydrogen) atoms. The lowest BCUT2D eigenvalue weighted by atomic mass is 10.0. The highest BCUT2D eigenvalue weighted by Crippen LogP contribution is 2.29. The molecule has 2 aromatic heterocycles. The zero-order valence-corrected chi connectivity index (χ0v) is 12.8. The molecule has 6 nitrogen and oxygen atoms in total. The summed E-state index contributed by atoms with van der Waals surface area (Å²) < 4.78 is 5.52. The molecule has 0 saturated heterocycles. The molecule has 0 spiro atoms. The fourth-order valence-electron chi connectivity index (χ4n) is 2.54. The minimum atomic E-state index is -0.337. The van der Waals surface area contributed by atoms with Gasteiger partial charge in [-0.05, 0) is 33.1 Å². The first-order valence-electron chi connectivity index (χ1n) is 7.07. The van der Waals surface area contributed by atoms with Crippen molar-refractivity contribution in [2.75, 3.05) is 11.9 Å². The van der Waals surface area contributed by atoms with Gasteiger partial charge in [0.2, 0.25) is 5.71 Å². The van der Waals surface area contributed by atoms with Crippen LogP contribution in [0.2, 0.25) is 0 Å². The molecule has 0 saturated carbocycles. The van der Waals surface area contributed by atoms with Crippen molar-refractivity contribution in [3.63, 3.8) is 0 Å². The van der Waals surface area contributed by atoms with Crippen LogP contribution in [0.5, 0.6) is 0 Å². The van der Waals surface area contributed by atoms with E-state index in [2.05, 4.69) is 15.3 Å². The van der Waals surface area contributed by atoms with Crippen LogP contribution >= 0.6 is 0 Å². The summed E-state index contributed by atoms with van der Waals surface area (Å²) in [6.45, 7) is 7.72. The van der Waals surface area contributed by atoms with Crippen LogP contribution in [-0.4, -0.2) is 33.5 Å². The molecule has 0 aromatic carbocycles.